The Kier molecular flexibility index (Phi) is 5.39. The first-order valence-electron chi connectivity index (χ1n) is 7.73. The molecule has 24 heavy (non-hydrogen) atoms. The second kappa shape index (κ2) is 7.89. The Bertz CT molecular complexity index is 783. The lowest BCUT2D eigenvalue weighted by Crippen LogP contribution is -2.39. The van der Waals surface area contributed by atoms with Crippen molar-refractivity contribution >= 4 is 17.8 Å². The second-order valence-corrected chi connectivity index (χ2v) is 6.50. The lowest BCUT2D eigenvalue weighted by Gasteiger charge is -2.25. The highest BCUT2D eigenvalue weighted by atomic mass is 32.2. The zero-order valence-electron chi connectivity index (χ0n) is 13.0. The second-order valence-electron chi connectivity index (χ2n) is 5.37. The average Bonchev–Trinajstić information content (AvgIpc) is 2.60. The molecule has 2 aromatic rings. The molecule has 0 aliphatic carbocycles. The molecule has 5 heteroatoms. The maximum atomic E-state index is 13.5. The van der Waals surface area contributed by atoms with Crippen LogP contribution >= 0.6 is 11.8 Å². The van der Waals surface area contributed by atoms with E-state index in [9.17, 15) is 9.18 Å². The molecule has 1 aliphatic rings. The number of urea groups is 1. The zero-order valence-corrected chi connectivity index (χ0v) is 13.8. The molecule has 3 rings (SSSR count). The molecule has 3 nitrogen and oxygen atoms in total. The number of benzene rings is 2. The van der Waals surface area contributed by atoms with Crippen LogP contribution in [0, 0.1) is 17.7 Å². The summed E-state index contributed by atoms with van der Waals surface area (Å²) in [7, 11) is 0. The standard InChI is InChI=1S/C19H17FN2OS/c20-15-8-9-18-16(13-15)17(10-12-24-18)22-19(23)21-11-4-7-14-5-2-1-3-6-14/h1-3,5-6,8-9,13,17H,10-12H2,(H2,21,22,23). The number of nitrogens with one attached hydrogen (secondary N) is 2. The van der Waals surface area contributed by atoms with Crippen molar-refractivity contribution < 1.29 is 9.18 Å². The molecule has 0 spiro atoms. The van der Waals surface area contributed by atoms with Crippen LogP contribution in [0.15, 0.2) is 53.4 Å². The van der Waals surface area contributed by atoms with E-state index in [1.54, 1.807) is 17.8 Å². The first-order chi connectivity index (χ1) is 11.7. The van der Waals surface area contributed by atoms with Crippen LogP contribution in [0.2, 0.25) is 0 Å². The fourth-order valence-corrected chi connectivity index (χ4v) is 3.62. The number of halogens is 1. The van der Waals surface area contributed by atoms with Crippen LogP contribution in [0.4, 0.5) is 9.18 Å². The van der Waals surface area contributed by atoms with Crippen molar-refractivity contribution in [1.29, 1.82) is 0 Å². The minimum atomic E-state index is -0.288. The number of carbonyl (C=O) groups is 1. The lowest BCUT2D eigenvalue weighted by atomic mass is 10.0. The van der Waals surface area contributed by atoms with Crippen LogP contribution in [0.3, 0.4) is 0 Å². The van der Waals surface area contributed by atoms with Gasteiger partial charge in [0.2, 0.25) is 0 Å². The summed E-state index contributed by atoms with van der Waals surface area (Å²) in [6, 6.07) is 13.9. The van der Waals surface area contributed by atoms with Crippen LogP contribution in [0.5, 0.6) is 0 Å². The van der Waals surface area contributed by atoms with Crippen LogP contribution in [-0.2, 0) is 0 Å². The quantitative estimate of drug-likeness (QED) is 0.818. The largest absolute Gasteiger partial charge is 0.331 e. The van der Waals surface area contributed by atoms with Gasteiger partial charge in [0.1, 0.15) is 5.82 Å². The van der Waals surface area contributed by atoms with E-state index >= 15 is 0 Å². The minimum absolute atomic E-state index is 0.168. The van der Waals surface area contributed by atoms with E-state index in [0.717, 1.165) is 28.2 Å². The van der Waals surface area contributed by atoms with E-state index in [0.29, 0.717) is 0 Å². The summed E-state index contributed by atoms with van der Waals surface area (Å²) in [6.07, 6.45) is 0.782. The van der Waals surface area contributed by atoms with Crippen LogP contribution in [0.25, 0.3) is 0 Å². The molecular weight excluding hydrogens is 323 g/mol. The van der Waals surface area contributed by atoms with Crippen molar-refractivity contribution in [3.05, 3.63) is 65.5 Å². The van der Waals surface area contributed by atoms with Crippen LogP contribution in [-0.4, -0.2) is 18.3 Å². The molecule has 0 aromatic heterocycles. The number of rotatable bonds is 2. The molecule has 2 amide bonds. The van der Waals surface area contributed by atoms with Gasteiger partial charge in [-0.3, -0.25) is 0 Å². The van der Waals surface area contributed by atoms with Gasteiger partial charge in [-0.05, 0) is 42.3 Å². The van der Waals surface area contributed by atoms with Crippen molar-refractivity contribution in [2.24, 2.45) is 0 Å². The van der Waals surface area contributed by atoms with Crippen LogP contribution < -0.4 is 10.6 Å². The summed E-state index contributed by atoms with van der Waals surface area (Å²) in [4.78, 5) is 13.1. The lowest BCUT2D eigenvalue weighted by molar-refractivity contribution is 0.237. The molecule has 2 aromatic carbocycles. The molecule has 122 valence electrons. The van der Waals surface area contributed by atoms with Gasteiger partial charge < -0.3 is 10.6 Å². The molecule has 0 fully saturated rings. The predicted octanol–water partition coefficient (Wildman–Crippen LogP) is 3.71. The monoisotopic (exact) mass is 340 g/mol. The van der Waals surface area contributed by atoms with Crippen molar-refractivity contribution in [3.8, 4) is 11.8 Å². The van der Waals surface area contributed by atoms with Gasteiger partial charge in [-0.1, -0.05) is 30.0 Å². The van der Waals surface area contributed by atoms with Crippen molar-refractivity contribution in [2.45, 2.75) is 17.4 Å². The number of hydrogen-bond donors (Lipinski definition) is 2. The van der Waals surface area contributed by atoms with Gasteiger partial charge in [0.25, 0.3) is 0 Å². The van der Waals surface area contributed by atoms with Crippen molar-refractivity contribution in [2.75, 3.05) is 12.3 Å². The molecule has 1 heterocycles. The first kappa shape index (κ1) is 16.4. The molecule has 0 radical (unpaired) electrons. The minimum Gasteiger partial charge on any atom is -0.331 e. The van der Waals surface area contributed by atoms with E-state index in [1.165, 1.54) is 12.1 Å². The van der Waals surface area contributed by atoms with Gasteiger partial charge in [-0.15, -0.1) is 11.8 Å². The molecule has 1 atom stereocenters. The summed E-state index contributed by atoms with van der Waals surface area (Å²) in [6.45, 7) is 0.262. The van der Waals surface area contributed by atoms with E-state index in [4.69, 9.17) is 0 Å². The molecule has 1 unspecified atom stereocenters. The third-order valence-electron chi connectivity index (χ3n) is 3.66. The fourth-order valence-electron chi connectivity index (χ4n) is 2.52. The third kappa shape index (κ3) is 4.30. The summed E-state index contributed by atoms with van der Waals surface area (Å²) in [5.74, 6) is 6.51. The normalized spacial score (nSPS) is 15.6. The first-order valence-corrected chi connectivity index (χ1v) is 8.71. The highest BCUT2D eigenvalue weighted by Gasteiger charge is 2.22. The number of amides is 2. The van der Waals surface area contributed by atoms with E-state index in [1.807, 2.05) is 30.3 Å². The smallest absolute Gasteiger partial charge is 0.316 e. The Morgan fingerprint density at radius 3 is 2.92 bits per heavy atom. The number of thioether (sulfide) groups is 1. The molecule has 0 saturated heterocycles. The molecule has 0 bridgehead atoms. The topological polar surface area (TPSA) is 41.1 Å². The van der Waals surface area contributed by atoms with E-state index in [-0.39, 0.29) is 24.4 Å². The zero-order chi connectivity index (χ0) is 16.8. The summed E-state index contributed by atoms with van der Waals surface area (Å²) in [5, 5.41) is 5.62. The van der Waals surface area contributed by atoms with Crippen LogP contribution in [0.1, 0.15) is 23.6 Å². The number of carbonyl (C=O) groups excluding carboxylic acids is 1. The highest BCUT2D eigenvalue weighted by molar-refractivity contribution is 7.99. The van der Waals surface area contributed by atoms with Crippen molar-refractivity contribution in [3.63, 3.8) is 0 Å². The van der Waals surface area contributed by atoms with Crippen molar-refractivity contribution in [1.82, 2.24) is 10.6 Å². The van der Waals surface area contributed by atoms with Gasteiger partial charge in [0, 0.05) is 16.2 Å². The number of hydrogen-bond acceptors (Lipinski definition) is 2. The Labute approximate surface area is 145 Å². The Morgan fingerprint density at radius 2 is 2.08 bits per heavy atom. The fraction of sp³-hybridized carbons (Fsp3) is 0.211. The average molecular weight is 340 g/mol. The Hall–Kier alpha value is -2.45. The summed E-state index contributed by atoms with van der Waals surface area (Å²) >= 11 is 1.69. The maximum Gasteiger partial charge on any atom is 0.316 e. The Balaban J connectivity index is 1.55. The molecular formula is C19H17FN2OS. The molecule has 1 aliphatic heterocycles. The van der Waals surface area contributed by atoms with Gasteiger partial charge in [-0.2, -0.15) is 0 Å². The number of fused-ring (bicyclic) bond motifs is 1. The highest BCUT2D eigenvalue weighted by Crippen LogP contribution is 2.36. The predicted molar refractivity (Wildman–Crippen MR) is 94.3 cm³/mol. The van der Waals surface area contributed by atoms with Gasteiger partial charge in [0.15, 0.2) is 0 Å². The molecule has 2 N–H and O–H groups in total. The van der Waals surface area contributed by atoms with E-state index < -0.39 is 0 Å². The summed E-state index contributed by atoms with van der Waals surface area (Å²) < 4.78 is 13.5. The SMILES string of the molecule is O=C(NCC#Cc1ccccc1)NC1CCSc2ccc(F)cc21. The Morgan fingerprint density at radius 1 is 1.25 bits per heavy atom. The molecule has 0 saturated carbocycles. The van der Waals surface area contributed by atoms with Gasteiger partial charge in [0.05, 0.1) is 12.6 Å². The van der Waals surface area contributed by atoms with Gasteiger partial charge in [-0.25, -0.2) is 9.18 Å². The van der Waals surface area contributed by atoms with E-state index in [2.05, 4.69) is 22.5 Å². The summed E-state index contributed by atoms with van der Waals surface area (Å²) in [5.41, 5.74) is 1.75. The maximum absolute atomic E-state index is 13.5. The third-order valence-corrected chi connectivity index (χ3v) is 4.78. The van der Waals surface area contributed by atoms with Gasteiger partial charge >= 0.3 is 6.03 Å².